The quantitative estimate of drug-likeness (QED) is 0.366. The summed E-state index contributed by atoms with van der Waals surface area (Å²) in [6.07, 6.45) is 2.33. The molecule has 1 saturated carbocycles. The molecule has 0 aromatic heterocycles. The van der Waals surface area contributed by atoms with E-state index in [1.165, 1.54) is 12.8 Å². The second-order valence-electron chi connectivity index (χ2n) is 7.69. The van der Waals surface area contributed by atoms with Crippen LogP contribution in [0.25, 0.3) is 10.6 Å². The Kier molecular flexibility index (Phi) is 11.1. The first-order chi connectivity index (χ1) is 12.7. The third-order valence-corrected chi connectivity index (χ3v) is 6.25. The van der Waals surface area contributed by atoms with Gasteiger partial charge in [0.2, 0.25) is 0 Å². The van der Waals surface area contributed by atoms with Crippen LogP contribution in [-0.4, -0.2) is 13.1 Å². The van der Waals surface area contributed by atoms with Crippen molar-refractivity contribution in [1.82, 2.24) is 0 Å². The van der Waals surface area contributed by atoms with Crippen molar-refractivity contribution in [3.63, 3.8) is 0 Å². The zero-order chi connectivity index (χ0) is 18.4. The molecule has 1 fully saturated rings. The van der Waals surface area contributed by atoms with Crippen LogP contribution in [0, 0.1) is 37.0 Å². The summed E-state index contributed by atoms with van der Waals surface area (Å²) < 4.78 is 0. The predicted octanol–water partition coefficient (Wildman–Crippen LogP) is 7.74. The molecule has 0 bridgehead atoms. The van der Waals surface area contributed by atoms with E-state index in [1.54, 1.807) is 5.92 Å². The van der Waals surface area contributed by atoms with E-state index in [0.717, 1.165) is 36.3 Å². The van der Waals surface area contributed by atoms with E-state index in [2.05, 4.69) is 69.3 Å². The first-order valence-electron chi connectivity index (χ1n) is 9.95. The van der Waals surface area contributed by atoms with Crippen molar-refractivity contribution in [2.24, 2.45) is 23.7 Å². The molecule has 3 heteroatoms. The summed E-state index contributed by atoms with van der Waals surface area (Å²) in [6.45, 7) is 9.07. The summed E-state index contributed by atoms with van der Waals surface area (Å²) in [5, 5.41) is 9.52. The smallest absolute Gasteiger partial charge is 0.684 e. The number of rotatable bonds is 8. The van der Waals surface area contributed by atoms with Crippen LogP contribution >= 0.6 is 0 Å². The Labute approximate surface area is 192 Å². The number of benzene rings is 2. The van der Waals surface area contributed by atoms with Crippen LogP contribution in [0.2, 0.25) is 0 Å². The maximum absolute atomic E-state index is 4.76. The van der Waals surface area contributed by atoms with Gasteiger partial charge in [-0.3, -0.25) is 0 Å². The molecular weight excluding hydrogens is 420 g/mol. The summed E-state index contributed by atoms with van der Waals surface area (Å²) in [4.78, 5) is 0. The van der Waals surface area contributed by atoms with E-state index in [4.69, 9.17) is 10.6 Å². The molecule has 0 saturated heterocycles. The van der Waals surface area contributed by atoms with Gasteiger partial charge >= 0.3 is 26.2 Å². The Hall–Kier alpha value is -1.08. The zero-order valence-corrected chi connectivity index (χ0v) is 20.3. The molecule has 2 aromatic carbocycles. The molecule has 0 N–H and O–H groups in total. The summed E-state index contributed by atoms with van der Waals surface area (Å²) in [7, 11) is 0. The molecule has 0 amide bonds. The van der Waals surface area contributed by atoms with Crippen LogP contribution < -0.4 is 0 Å². The fourth-order valence-electron chi connectivity index (χ4n) is 4.55. The minimum atomic E-state index is 0. The topological polar surface area (TPSA) is 28.2 Å². The van der Waals surface area contributed by atoms with Crippen LogP contribution in [0.15, 0.2) is 60.7 Å². The fourth-order valence-corrected chi connectivity index (χ4v) is 4.55. The van der Waals surface area contributed by atoms with Crippen molar-refractivity contribution in [3.8, 4) is 0 Å². The third kappa shape index (κ3) is 6.48. The van der Waals surface area contributed by atoms with Gasteiger partial charge in [0.15, 0.2) is 0 Å². The fraction of sp³-hybridized carbons (Fsp3) is 0.440. The summed E-state index contributed by atoms with van der Waals surface area (Å²) in [6, 6.07) is 20.7. The van der Waals surface area contributed by atoms with Crippen LogP contribution in [0.4, 0.5) is 11.4 Å². The van der Waals surface area contributed by atoms with E-state index in [0.29, 0.717) is 11.8 Å². The SMILES string of the molecule is C[C-]1C(CC[N-]c2ccccc2)C(C)C(C)C1CC[N-]c1ccccc1.[CH3-].[Zr+4]. The maximum atomic E-state index is 4.76. The average molecular weight is 454 g/mol. The van der Waals surface area contributed by atoms with Crippen molar-refractivity contribution in [2.75, 3.05) is 13.1 Å². The van der Waals surface area contributed by atoms with Gasteiger partial charge in [-0.05, 0) is 0 Å². The van der Waals surface area contributed by atoms with Crippen molar-refractivity contribution in [3.05, 3.63) is 84.6 Å². The van der Waals surface area contributed by atoms with E-state index in [1.807, 2.05) is 12.1 Å². The molecular formula is C25H34N2Zr. The Morgan fingerprint density at radius 1 is 0.714 bits per heavy atom. The molecule has 4 unspecified atom stereocenters. The second kappa shape index (κ2) is 12.5. The van der Waals surface area contributed by atoms with Gasteiger partial charge in [-0.15, -0.1) is 24.5 Å². The van der Waals surface area contributed by atoms with Crippen LogP contribution in [-0.2, 0) is 26.2 Å². The van der Waals surface area contributed by atoms with Gasteiger partial charge in [0.25, 0.3) is 0 Å². The standard InChI is InChI=1S/C24H31N2.CH3.Zr/c1-18-19(2)24(15-17-26-22-12-8-5-9-13-22)20(3)23(18)14-16-25-21-10-6-4-7-11-21;;/h4-13,18-19,23-24H,14-17H2,1-3H3;1H3;/q-3;-1;+4. The largest absolute Gasteiger partial charge is 4.00 e. The molecule has 1 aliphatic rings. The Morgan fingerprint density at radius 2 is 1.07 bits per heavy atom. The van der Waals surface area contributed by atoms with Crippen molar-refractivity contribution < 1.29 is 26.2 Å². The summed E-state index contributed by atoms with van der Waals surface area (Å²) in [5.74, 6) is 4.54. The summed E-state index contributed by atoms with van der Waals surface area (Å²) >= 11 is 0. The van der Waals surface area contributed by atoms with Gasteiger partial charge in [0.1, 0.15) is 0 Å². The minimum absolute atomic E-state index is 0. The molecule has 0 spiro atoms. The number of hydrogen-bond donors (Lipinski definition) is 0. The number of hydrogen-bond acceptors (Lipinski definition) is 0. The second-order valence-corrected chi connectivity index (χ2v) is 7.69. The predicted molar refractivity (Wildman–Crippen MR) is 119 cm³/mol. The third-order valence-electron chi connectivity index (χ3n) is 6.25. The number of para-hydroxylation sites is 2. The molecule has 28 heavy (non-hydrogen) atoms. The van der Waals surface area contributed by atoms with E-state index >= 15 is 0 Å². The Bertz CT molecular complexity index is 589. The van der Waals surface area contributed by atoms with Crippen LogP contribution in [0.3, 0.4) is 0 Å². The van der Waals surface area contributed by atoms with Gasteiger partial charge in [0.05, 0.1) is 0 Å². The van der Waals surface area contributed by atoms with Crippen molar-refractivity contribution >= 4 is 11.4 Å². The molecule has 1 aliphatic carbocycles. The monoisotopic (exact) mass is 452 g/mol. The van der Waals surface area contributed by atoms with Gasteiger partial charge in [0, 0.05) is 0 Å². The Balaban J connectivity index is 0.00000196. The maximum Gasteiger partial charge on any atom is 4.00 e. The average Bonchev–Trinajstić information content (AvgIpc) is 2.87. The number of nitrogens with zero attached hydrogens (tertiary/aromatic N) is 2. The zero-order valence-electron chi connectivity index (χ0n) is 17.8. The van der Waals surface area contributed by atoms with E-state index in [-0.39, 0.29) is 33.6 Å². The van der Waals surface area contributed by atoms with Crippen LogP contribution in [0.1, 0.15) is 33.6 Å². The van der Waals surface area contributed by atoms with Crippen molar-refractivity contribution in [1.29, 1.82) is 0 Å². The molecule has 0 aliphatic heterocycles. The molecule has 3 rings (SSSR count). The first kappa shape index (κ1) is 25.0. The molecule has 2 aromatic rings. The molecule has 2 nitrogen and oxygen atoms in total. The molecule has 0 radical (unpaired) electrons. The van der Waals surface area contributed by atoms with Crippen LogP contribution in [0.5, 0.6) is 0 Å². The minimum Gasteiger partial charge on any atom is -0.684 e. The van der Waals surface area contributed by atoms with Crippen molar-refractivity contribution in [2.45, 2.75) is 33.6 Å². The first-order valence-corrected chi connectivity index (χ1v) is 9.95. The van der Waals surface area contributed by atoms with Gasteiger partial charge in [-0.25, -0.2) is 0 Å². The molecule has 4 atom stereocenters. The van der Waals surface area contributed by atoms with Gasteiger partial charge < -0.3 is 24.0 Å². The molecule has 0 heterocycles. The summed E-state index contributed by atoms with van der Waals surface area (Å²) in [5.41, 5.74) is 2.20. The van der Waals surface area contributed by atoms with Gasteiger partial charge in [-0.1, -0.05) is 99.2 Å². The van der Waals surface area contributed by atoms with E-state index in [9.17, 15) is 0 Å². The molecule has 148 valence electrons. The van der Waals surface area contributed by atoms with E-state index < -0.39 is 0 Å². The Morgan fingerprint density at radius 3 is 1.43 bits per heavy atom. The normalized spacial score (nSPS) is 24.1. The van der Waals surface area contributed by atoms with Gasteiger partial charge in [-0.2, -0.15) is 18.8 Å².